The van der Waals surface area contributed by atoms with E-state index < -0.39 is 0 Å². The Morgan fingerprint density at radius 3 is 2.17 bits per heavy atom. The van der Waals surface area contributed by atoms with Crippen molar-refractivity contribution < 1.29 is 4.39 Å². The Morgan fingerprint density at radius 2 is 1.67 bits per heavy atom. The summed E-state index contributed by atoms with van der Waals surface area (Å²) in [5, 5.41) is 3.52. The standard InChI is InChI=1S/C15H23FN2/c1-14(2)7-9-15(11-17,10-8-14)18-13-5-3-12(16)4-6-13/h3-6,18H,7-11,17H2,1-2H3. The number of nitrogens with one attached hydrogen (secondary N) is 1. The van der Waals surface area contributed by atoms with Crippen LogP contribution in [-0.2, 0) is 0 Å². The van der Waals surface area contributed by atoms with Crippen molar-refractivity contribution in [2.24, 2.45) is 11.1 Å². The van der Waals surface area contributed by atoms with Crippen molar-refractivity contribution in [1.82, 2.24) is 0 Å². The molecule has 0 unspecified atom stereocenters. The molecule has 0 aromatic heterocycles. The number of nitrogens with two attached hydrogens (primary N) is 1. The van der Waals surface area contributed by atoms with Gasteiger partial charge in [0.25, 0.3) is 0 Å². The molecule has 1 fully saturated rings. The highest BCUT2D eigenvalue weighted by Crippen LogP contribution is 2.41. The molecule has 2 rings (SSSR count). The van der Waals surface area contributed by atoms with Crippen LogP contribution in [0.2, 0.25) is 0 Å². The summed E-state index contributed by atoms with van der Waals surface area (Å²) in [6.45, 7) is 5.25. The van der Waals surface area contributed by atoms with Crippen LogP contribution in [-0.4, -0.2) is 12.1 Å². The van der Waals surface area contributed by atoms with E-state index in [-0.39, 0.29) is 11.4 Å². The van der Waals surface area contributed by atoms with E-state index in [1.54, 1.807) is 12.1 Å². The number of benzene rings is 1. The maximum atomic E-state index is 12.9. The lowest BCUT2D eigenvalue weighted by atomic mass is 9.69. The highest BCUT2D eigenvalue weighted by Gasteiger charge is 2.37. The average molecular weight is 250 g/mol. The van der Waals surface area contributed by atoms with Crippen LogP contribution in [0.1, 0.15) is 39.5 Å². The van der Waals surface area contributed by atoms with E-state index >= 15 is 0 Å². The van der Waals surface area contributed by atoms with Crippen molar-refractivity contribution in [1.29, 1.82) is 0 Å². The Balaban J connectivity index is 2.07. The predicted octanol–water partition coefficient (Wildman–Crippen LogP) is 3.54. The summed E-state index contributed by atoms with van der Waals surface area (Å²) in [5.41, 5.74) is 7.33. The van der Waals surface area contributed by atoms with Gasteiger partial charge in [-0.05, 0) is 55.4 Å². The van der Waals surface area contributed by atoms with Gasteiger partial charge in [-0.3, -0.25) is 0 Å². The third kappa shape index (κ3) is 3.02. The van der Waals surface area contributed by atoms with Gasteiger partial charge in [-0.25, -0.2) is 4.39 Å². The summed E-state index contributed by atoms with van der Waals surface area (Å²) in [6, 6.07) is 6.54. The third-order valence-corrected chi connectivity index (χ3v) is 4.21. The van der Waals surface area contributed by atoms with E-state index in [1.165, 1.54) is 25.0 Å². The Hall–Kier alpha value is -1.09. The summed E-state index contributed by atoms with van der Waals surface area (Å²) < 4.78 is 12.9. The molecular formula is C15H23FN2. The van der Waals surface area contributed by atoms with Crippen LogP contribution in [0.25, 0.3) is 0 Å². The second-order valence-electron chi connectivity index (χ2n) is 6.28. The maximum absolute atomic E-state index is 12.9. The zero-order chi connectivity index (χ0) is 13.2. The normalized spacial score (nSPS) is 21.6. The average Bonchev–Trinajstić information content (AvgIpc) is 2.35. The summed E-state index contributed by atoms with van der Waals surface area (Å²) in [6.07, 6.45) is 4.51. The van der Waals surface area contributed by atoms with E-state index in [1.807, 2.05) is 0 Å². The van der Waals surface area contributed by atoms with E-state index in [2.05, 4.69) is 19.2 Å². The van der Waals surface area contributed by atoms with E-state index in [4.69, 9.17) is 5.73 Å². The quantitative estimate of drug-likeness (QED) is 0.861. The van der Waals surface area contributed by atoms with Gasteiger partial charge in [0.1, 0.15) is 5.82 Å². The molecule has 1 aliphatic rings. The fraction of sp³-hybridized carbons (Fsp3) is 0.600. The molecule has 0 amide bonds. The zero-order valence-electron chi connectivity index (χ0n) is 11.3. The van der Waals surface area contributed by atoms with Crippen molar-refractivity contribution in [2.45, 2.75) is 45.1 Å². The maximum Gasteiger partial charge on any atom is 0.123 e. The minimum Gasteiger partial charge on any atom is -0.378 e. The molecule has 0 atom stereocenters. The molecule has 0 bridgehead atoms. The van der Waals surface area contributed by atoms with Crippen LogP contribution in [0.4, 0.5) is 10.1 Å². The highest BCUT2D eigenvalue weighted by atomic mass is 19.1. The summed E-state index contributed by atoms with van der Waals surface area (Å²) in [7, 11) is 0. The first kappa shape index (κ1) is 13.3. The van der Waals surface area contributed by atoms with Crippen molar-refractivity contribution in [2.75, 3.05) is 11.9 Å². The van der Waals surface area contributed by atoms with Crippen LogP contribution >= 0.6 is 0 Å². The lowest BCUT2D eigenvalue weighted by Crippen LogP contribution is -2.49. The lowest BCUT2D eigenvalue weighted by molar-refractivity contribution is 0.182. The molecule has 0 saturated heterocycles. The van der Waals surface area contributed by atoms with Gasteiger partial charge < -0.3 is 11.1 Å². The van der Waals surface area contributed by atoms with Crippen LogP contribution < -0.4 is 11.1 Å². The Morgan fingerprint density at radius 1 is 1.11 bits per heavy atom. The van der Waals surface area contributed by atoms with Crippen LogP contribution in [0.3, 0.4) is 0 Å². The van der Waals surface area contributed by atoms with Crippen molar-refractivity contribution in [3.05, 3.63) is 30.1 Å². The SMILES string of the molecule is CC1(C)CCC(CN)(Nc2ccc(F)cc2)CC1. The second-order valence-corrected chi connectivity index (χ2v) is 6.28. The monoisotopic (exact) mass is 250 g/mol. The van der Waals surface area contributed by atoms with Gasteiger partial charge in [0.05, 0.1) is 0 Å². The molecule has 18 heavy (non-hydrogen) atoms. The van der Waals surface area contributed by atoms with Gasteiger partial charge >= 0.3 is 0 Å². The van der Waals surface area contributed by atoms with Crippen LogP contribution in [0.15, 0.2) is 24.3 Å². The first-order valence-corrected chi connectivity index (χ1v) is 6.69. The van der Waals surface area contributed by atoms with Gasteiger partial charge in [0.15, 0.2) is 0 Å². The fourth-order valence-electron chi connectivity index (χ4n) is 2.62. The molecule has 0 radical (unpaired) electrons. The Labute approximate surface area is 109 Å². The molecule has 0 spiro atoms. The minimum absolute atomic E-state index is 0.0205. The van der Waals surface area contributed by atoms with E-state index in [0.29, 0.717) is 12.0 Å². The van der Waals surface area contributed by atoms with Gasteiger partial charge in [-0.15, -0.1) is 0 Å². The van der Waals surface area contributed by atoms with Crippen molar-refractivity contribution in [3.63, 3.8) is 0 Å². The fourth-order valence-corrected chi connectivity index (χ4v) is 2.62. The number of hydrogen-bond donors (Lipinski definition) is 2. The number of anilines is 1. The molecule has 1 aromatic carbocycles. The van der Waals surface area contributed by atoms with Crippen molar-refractivity contribution in [3.8, 4) is 0 Å². The molecule has 0 aliphatic heterocycles. The number of hydrogen-bond acceptors (Lipinski definition) is 2. The number of rotatable bonds is 3. The summed E-state index contributed by atoms with van der Waals surface area (Å²) in [4.78, 5) is 0. The molecule has 2 nitrogen and oxygen atoms in total. The topological polar surface area (TPSA) is 38.0 Å². The molecule has 1 saturated carbocycles. The first-order chi connectivity index (χ1) is 8.45. The van der Waals surface area contributed by atoms with Gasteiger partial charge in [0.2, 0.25) is 0 Å². The smallest absolute Gasteiger partial charge is 0.123 e. The lowest BCUT2D eigenvalue weighted by Gasteiger charge is -2.44. The Bertz CT molecular complexity index is 387. The largest absolute Gasteiger partial charge is 0.378 e. The van der Waals surface area contributed by atoms with Gasteiger partial charge in [0, 0.05) is 17.8 Å². The molecule has 100 valence electrons. The molecule has 3 heteroatoms. The third-order valence-electron chi connectivity index (χ3n) is 4.21. The molecule has 1 aliphatic carbocycles. The summed E-state index contributed by atoms with van der Waals surface area (Å²) >= 11 is 0. The summed E-state index contributed by atoms with van der Waals surface area (Å²) in [5.74, 6) is -0.202. The van der Waals surface area contributed by atoms with Crippen molar-refractivity contribution >= 4 is 5.69 Å². The van der Waals surface area contributed by atoms with Crippen LogP contribution in [0, 0.1) is 11.2 Å². The molecule has 3 N–H and O–H groups in total. The van der Waals surface area contributed by atoms with E-state index in [0.717, 1.165) is 18.5 Å². The first-order valence-electron chi connectivity index (χ1n) is 6.69. The molecule has 1 aromatic rings. The number of halogens is 1. The molecular weight excluding hydrogens is 227 g/mol. The molecule has 0 heterocycles. The van der Waals surface area contributed by atoms with Gasteiger partial charge in [-0.1, -0.05) is 13.8 Å². The zero-order valence-corrected chi connectivity index (χ0v) is 11.3. The van der Waals surface area contributed by atoms with E-state index in [9.17, 15) is 4.39 Å². The predicted molar refractivity (Wildman–Crippen MR) is 74.1 cm³/mol. The minimum atomic E-state index is -0.202. The Kier molecular flexibility index (Phi) is 3.62. The highest BCUT2D eigenvalue weighted by molar-refractivity contribution is 5.45. The second kappa shape index (κ2) is 4.88. The van der Waals surface area contributed by atoms with Crippen LogP contribution in [0.5, 0.6) is 0 Å². The van der Waals surface area contributed by atoms with Gasteiger partial charge in [-0.2, -0.15) is 0 Å².